The lowest BCUT2D eigenvalue weighted by atomic mass is 10.1. The summed E-state index contributed by atoms with van der Waals surface area (Å²) in [6, 6.07) is 4.34. The Bertz CT molecular complexity index is 488. The predicted molar refractivity (Wildman–Crippen MR) is 70.1 cm³/mol. The molecule has 7 heteroatoms. The molecule has 0 saturated heterocycles. The van der Waals surface area contributed by atoms with Crippen molar-refractivity contribution in [1.82, 2.24) is 5.32 Å². The second-order valence-electron chi connectivity index (χ2n) is 4.07. The molecule has 7 nitrogen and oxygen atoms in total. The number of hydrogen-bond acceptors (Lipinski definition) is 5. The lowest BCUT2D eigenvalue weighted by Gasteiger charge is -2.15. The van der Waals surface area contributed by atoms with Crippen LogP contribution in [0.5, 0.6) is 11.5 Å². The predicted octanol–water partition coefficient (Wildman–Crippen LogP) is 0.721. The summed E-state index contributed by atoms with van der Waals surface area (Å²) in [5.41, 5.74) is 0.624. The van der Waals surface area contributed by atoms with Crippen molar-refractivity contribution in [3.63, 3.8) is 0 Å². The molecule has 1 atom stereocenters. The first kappa shape index (κ1) is 15.8. The Labute approximate surface area is 116 Å². The second-order valence-corrected chi connectivity index (χ2v) is 4.07. The van der Waals surface area contributed by atoms with E-state index in [0.717, 1.165) is 0 Å². The minimum absolute atomic E-state index is 0.222. The second kappa shape index (κ2) is 7.34. The van der Waals surface area contributed by atoms with Crippen LogP contribution in [0.15, 0.2) is 18.2 Å². The molecule has 1 unspecified atom stereocenters. The van der Waals surface area contributed by atoms with Crippen molar-refractivity contribution in [3.8, 4) is 11.5 Å². The molecule has 0 bridgehead atoms. The van der Waals surface area contributed by atoms with E-state index >= 15 is 0 Å². The van der Waals surface area contributed by atoms with Gasteiger partial charge >= 0.3 is 11.9 Å². The number of ether oxygens (including phenoxy) is 2. The van der Waals surface area contributed by atoms with Gasteiger partial charge < -0.3 is 25.0 Å². The zero-order chi connectivity index (χ0) is 15.1. The monoisotopic (exact) mass is 283 g/mol. The molecule has 0 saturated carbocycles. The number of hydrogen-bond donors (Lipinski definition) is 3. The van der Waals surface area contributed by atoms with Crippen LogP contribution in [0.4, 0.5) is 0 Å². The largest absolute Gasteiger partial charge is 0.493 e. The van der Waals surface area contributed by atoms with Gasteiger partial charge in [0.2, 0.25) is 0 Å². The first-order valence-corrected chi connectivity index (χ1v) is 5.92. The summed E-state index contributed by atoms with van der Waals surface area (Å²) in [7, 11) is 1.44. The number of carboxylic acids is 2. The summed E-state index contributed by atoms with van der Waals surface area (Å²) in [5, 5.41) is 20.3. The molecule has 1 aromatic rings. The molecule has 1 rings (SSSR count). The Morgan fingerprint density at radius 3 is 2.60 bits per heavy atom. The summed E-state index contributed by atoms with van der Waals surface area (Å²) in [6.45, 7) is 1.24. The number of benzene rings is 1. The van der Waals surface area contributed by atoms with Gasteiger partial charge in [0, 0.05) is 12.1 Å². The normalized spacial score (nSPS) is 11.7. The molecular weight excluding hydrogens is 266 g/mol. The minimum atomic E-state index is -1.10. The summed E-state index contributed by atoms with van der Waals surface area (Å²) < 4.78 is 10.3. The van der Waals surface area contributed by atoms with Gasteiger partial charge in [0.15, 0.2) is 18.1 Å². The molecule has 0 aliphatic carbocycles. The van der Waals surface area contributed by atoms with Gasteiger partial charge in [-0.1, -0.05) is 12.1 Å². The van der Waals surface area contributed by atoms with Crippen LogP contribution in [0, 0.1) is 0 Å². The minimum Gasteiger partial charge on any atom is -0.493 e. The third-order valence-electron chi connectivity index (χ3n) is 2.59. The Balaban J connectivity index is 2.87. The fraction of sp³-hybridized carbons (Fsp3) is 0.385. The van der Waals surface area contributed by atoms with Crippen LogP contribution in [0.25, 0.3) is 0 Å². The van der Waals surface area contributed by atoms with Crippen molar-refractivity contribution in [2.75, 3.05) is 13.7 Å². The highest BCUT2D eigenvalue weighted by Crippen LogP contribution is 2.31. The number of rotatable bonds is 8. The van der Waals surface area contributed by atoms with Gasteiger partial charge in [-0.2, -0.15) is 0 Å². The molecule has 0 amide bonds. The van der Waals surface area contributed by atoms with Gasteiger partial charge in [0.1, 0.15) is 6.04 Å². The van der Waals surface area contributed by atoms with Gasteiger partial charge in [0.05, 0.1) is 7.11 Å². The first-order valence-electron chi connectivity index (χ1n) is 5.92. The molecule has 0 aliphatic heterocycles. The Morgan fingerprint density at radius 2 is 2.05 bits per heavy atom. The Hall–Kier alpha value is -2.28. The van der Waals surface area contributed by atoms with Gasteiger partial charge in [-0.15, -0.1) is 0 Å². The van der Waals surface area contributed by atoms with Crippen LogP contribution in [0.3, 0.4) is 0 Å². The average Bonchev–Trinajstić information content (AvgIpc) is 2.42. The quantitative estimate of drug-likeness (QED) is 0.645. The van der Waals surface area contributed by atoms with Crippen molar-refractivity contribution < 1.29 is 29.3 Å². The number of carboxylic acid groups (broad SMARTS) is 2. The Morgan fingerprint density at radius 1 is 1.35 bits per heavy atom. The number of nitrogens with one attached hydrogen (secondary N) is 1. The van der Waals surface area contributed by atoms with E-state index in [1.54, 1.807) is 18.2 Å². The van der Waals surface area contributed by atoms with Gasteiger partial charge in [-0.05, 0) is 13.0 Å². The van der Waals surface area contributed by atoms with E-state index in [1.807, 2.05) is 0 Å². The van der Waals surface area contributed by atoms with Crippen LogP contribution in [-0.4, -0.2) is 41.9 Å². The Kier molecular flexibility index (Phi) is 5.79. The molecule has 20 heavy (non-hydrogen) atoms. The molecule has 1 aromatic carbocycles. The van der Waals surface area contributed by atoms with E-state index in [1.165, 1.54) is 14.0 Å². The standard InChI is InChI=1S/C13H17NO6/c1-8(13(17)18)14-6-9-4-3-5-10(19-2)12(9)20-7-11(15)16/h3-5,8,14H,6-7H2,1-2H3,(H,15,16)(H,17,18). The smallest absolute Gasteiger partial charge is 0.341 e. The summed E-state index contributed by atoms with van der Waals surface area (Å²) >= 11 is 0. The zero-order valence-electron chi connectivity index (χ0n) is 11.3. The lowest BCUT2D eigenvalue weighted by molar-refractivity contribution is -0.140. The molecule has 3 N–H and O–H groups in total. The highest BCUT2D eigenvalue weighted by Gasteiger charge is 2.15. The highest BCUT2D eigenvalue weighted by atomic mass is 16.5. The summed E-state index contributed by atoms with van der Waals surface area (Å²) in [5.74, 6) is -1.38. The molecule has 0 heterocycles. The van der Waals surface area contributed by atoms with Crippen molar-refractivity contribution in [2.24, 2.45) is 0 Å². The number of aliphatic carboxylic acids is 2. The first-order chi connectivity index (χ1) is 9.45. The van der Waals surface area contributed by atoms with Crippen molar-refractivity contribution >= 4 is 11.9 Å². The molecule has 0 fully saturated rings. The van der Waals surface area contributed by atoms with Crippen LogP contribution in [0.2, 0.25) is 0 Å². The van der Waals surface area contributed by atoms with E-state index in [-0.39, 0.29) is 6.54 Å². The van der Waals surface area contributed by atoms with E-state index in [0.29, 0.717) is 17.1 Å². The van der Waals surface area contributed by atoms with Crippen molar-refractivity contribution in [3.05, 3.63) is 23.8 Å². The third kappa shape index (κ3) is 4.43. The molecule has 0 spiro atoms. The van der Waals surface area contributed by atoms with E-state index in [9.17, 15) is 9.59 Å². The van der Waals surface area contributed by atoms with Crippen molar-refractivity contribution in [2.45, 2.75) is 19.5 Å². The molecule has 0 aromatic heterocycles. The van der Waals surface area contributed by atoms with E-state index < -0.39 is 24.6 Å². The van der Waals surface area contributed by atoms with Gasteiger partial charge in [-0.3, -0.25) is 4.79 Å². The van der Waals surface area contributed by atoms with Crippen molar-refractivity contribution in [1.29, 1.82) is 0 Å². The van der Waals surface area contributed by atoms with E-state index in [4.69, 9.17) is 19.7 Å². The SMILES string of the molecule is COc1cccc(CNC(C)C(=O)O)c1OCC(=O)O. The van der Waals surface area contributed by atoms with Crippen LogP contribution in [-0.2, 0) is 16.1 Å². The molecule has 0 radical (unpaired) electrons. The summed E-state index contributed by atoms with van der Waals surface area (Å²) in [4.78, 5) is 21.3. The van der Waals surface area contributed by atoms with Gasteiger partial charge in [0.25, 0.3) is 0 Å². The number of carbonyl (C=O) groups is 2. The highest BCUT2D eigenvalue weighted by molar-refractivity contribution is 5.72. The maximum atomic E-state index is 10.7. The number of para-hydroxylation sites is 1. The van der Waals surface area contributed by atoms with Crippen LogP contribution in [0.1, 0.15) is 12.5 Å². The maximum absolute atomic E-state index is 10.7. The topological polar surface area (TPSA) is 105 Å². The lowest BCUT2D eigenvalue weighted by Crippen LogP contribution is -2.33. The molecular formula is C13H17NO6. The zero-order valence-corrected chi connectivity index (χ0v) is 11.3. The van der Waals surface area contributed by atoms with Crippen LogP contribution < -0.4 is 14.8 Å². The number of methoxy groups -OCH3 is 1. The molecule has 110 valence electrons. The average molecular weight is 283 g/mol. The van der Waals surface area contributed by atoms with Crippen LogP contribution >= 0.6 is 0 Å². The fourth-order valence-electron chi connectivity index (χ4n) is 1.51. The fourth-order valence-corrected chi connectivity index (χ4v) is 1.51. The summed E-state index contributed by atoms with van der Waals surface area (Å²) in [6.07, 6.45) is 0. The van der Waals surface area contributed by atoms with Gasteiger partial charge in [-0.25, -0.2) is 4.79 Å². The maximum Gasteiger partial charge on any atom is 0.341 e. The molecule has 0 aliphatic rings. The van der Waals surface area contributed by atoms with E-state index in [2.05, 4.69) is 5.32 Å². The third-order valence-corrected chi connectivity index (χ3v) is 2.59.